The molecule has 3 heteroatoms. The van der Waals surface area contributed by atoms with Crippen LogP contribution in [0.15, 0.2) is 65.4 Å². The second-order valence-electron chi connectivity index (χ2n) is 13.4. The van der Waals surface area contributed by atoms with Gasteiger partial charge < -0.3 is 9.64 Å². The molecule has 0 radical (unpaired) electrons. The number of allylic oxidation sites excluding steroid dienone is 8. The van der Waals surface area contributed by atoms with Crippen LogP contribution in [-0.2, 0) is 22.0 Å². The highest BCUT2D eigenvalue weighted by molar-refractivity contribution is 6.03. The maximum Gasteiger partial charge on any atom is 0.0453 e. The molecule has 0 spiro atoms. The summed E-state index contributed by atoms with van der Waals surface area (Å²) in [6.07, 6.45) is 18.6. The summed E-state index contributed by atoms with van der Waals surface area (Å²) in [5.41, 5.74) is 16.3. The molecular weight excluding hydrogens is 681 g/mol. The number of methoxy groups -OCH3 is 1. The minimum atomic E-state index is -0.173. The molecule has 0 N–H and O–H groups in total. The molecule has 0 amide bonds. The van der Waals surface area contributed by atoms with Gasteiger partial charge in [-0.15, -0.1) is 0 Å². The normalized spacial score (nSPS) is 13.2. The topological polar surface area (TPSA) is 24.8 Å². The van der Waals surface area contributed by atoms with Crippen molar-refractivity contribution >= 4 is 11.4 Å². The molecule has 0 unspecified atom stereocenters. The van der Waals surface area contributed by atoms with Crippen LogP contribution in [-0.4, -0.2) is 34.0 Å². The fourth-order valence-electron chi connectivity index (χ4n) is 6.89. The van der Waals surface area contributed by atoms with Crippen LogP contribution in [0, 0.1) is 41.5 Å². The van der Waals surface area contributed by atoms with E-state index in [-0.39, 0.29) is 10.8 Å². The van der Waals surface area contributed by atoms with Gasteiger partial charge in [0.1, 0.15) is 0 Å². The number of rotatable bonds is 9. The van der Waals surface area contributed by atoms with Gasteiger partial charge in [-0.2, -0.15) is 0 Å². The predicted octanol–water partition coefficient (Wildman–Crippen LogP) is 16.6. The summed E-state index contributed by atoms with van der Waals surface area (Å²) < 4.78 is 4.25. The number of hydrogen-bond acceptors (Lipinski definition) is 3. The molecule has 0 aromatic heterocycles. The molecule has 2 aromatic carbocycles. The summed E-state index contributed by atoms with van der Waals surface area (Å²) in [5, 5.41) is 0. The first kappa shape index (κ1) is 62.0. The van der Waals surface area contributed by atoms with Gasteiger partial charge in [-0.25, -0.2) is 0 Å². The smallest absolute Gasteiger partial charge is 0.0453 e. The molecule has 1 heterocycles. The van der Waals surface area contributed by atoms with Crippen molar-refractivity contribution in [1.82, 2.24) is 0 Å². The van der Waals surface area contributed by atoms with E-state index in [0.717, 1.165) is 12.1 Å². The molecule has 1 aliphatic rings. The van der Waals surface area contributed by atoms with Crippen molar-refractivity contribution in [3.8, 4) is 0 Å². The zero-order chi connectivity index (χ0) is 45.4. The lowest BCUT2D eigenvalue weighted by Crippen LogP contribution is -2.30. The van der Waals surface area contributed by atoms with Crippen molar-refractivity contribution in [2.45, 2.75) is 189 Å². The summed E-state index contributed by atoms with van der Waals surface area (Å²) in [7, 11) is 7.36. The van der Waals surface area contributed by atoms with Crippen LogP contribution >= 0.6 is 0 Å². The molecule has 0 fully saturated rings. The van der Waals surface area contributed by atoms with Gasteiger partial charge in [-0.3, -0.25) is 4.99 Å². The van der Waals surface area contributed by atoms with Gasteiger partial charge in [0, 0.05) is 56.2 Å². The molecule has 1 aliphatic heterocycles. The Hall–Kier alpha value is -3.17. The van der Waals surface area contributed by atoms with Crippen LogP contribution < -0.4 is 4.90 Å². The fourth-order valence-corrected chi connectivity index (χ4v) is 6.89. The number of likely N-dealkylation sites (N-methyl/N-ethyl adjacent to an activating group) is 1. The van der Waals surface area contributed by atoms with Crippen LogP contribution in [0.2, 0.25) is 0 Å². The zero-order valence-corrected chi connectivity index (χ0v) is 42.6. The Bertz CT molecular complexity index is 1460. The standard InChI is InChI=1S/C39H54N2.C2H6O.6C2H6/c1-14-15-21-32-24-26(2)28(4)30(6)36(32)38(8,9)34(40-12)22-19-17-16-18-20-23-35-39(10,11)37-31(7)29(5)27(3)25-33(37)41(35)13;1-3-2;6*1-2/h16-20,22-25H,14-15,21H2,1-13H3;1-2H3;6*1-2H3/b17-16+,20-18+,22-19+,35-23+,40-34?;;;;;;;. The van der Waals surface area contributed by atoms with E-state index in [1.165, 1.54) is 74.3 Å². The first-order valence-electron chi connectivity index (χ1n) is 22.2. The van der Waals surface area contributed by atoms with Gasteiger partial charge in [0.25, 0.3) is 0 Å². The Morgan fingerprint density at radius 3 is 1.59 bits per heavy atom. The van der Waals surface area contributed by atoms with Crippen molar-refractivity contribution in [2.75, 3.05) is 33.2 Å². The minimum absolute atomic E-state index is 0.0267. The number of aliphatic imine (C=N–C) groups is 1. The molecule has 56 heavy (non-hydrogen) atoms. The lowest BCUT2D eigenvalue weighted by molar-refractivity contribution is 0.277. The van der Waals surface area contributed by atoms with Gasteiger partial charge in [0.2, 0.25) is 0 Å². The highest BCUT2D eigenvalue weighted by Crippen LogP contribution is 2.49. The van der Waals surface area contributed by atoms with Gasteiger partial charge in [0.15, 0.2) is 0 Å². The Labute approximate surface area is 352 Å². The number of fused-ring (bicyclic) bond motifs is 1. The average molecular weight is 777 g/mol. The predicted molar refractivity (Wildman–Crippen MR) is 264 cm³/mol. The number of aryl methyl sites for hydroxylation is 3. The van der Waals surface area contributed by atoms with Crippen LogP contribution in [0.3, 0.4) is 0 Å². The number of hydrogen-bond donors (Lipinski definition) is 0. The number of benzene rings is 2. The maximum atomic E-state index is 4.76. The van der Waals surface area contributed by atoms with E-state index in [1.54, 1.807) is 14.2 Å². The van der Waals surface area contributed by atoms with Crippen molar-refractivity contribution < 1.29 is 4.74 Å². The highest BCUT2D eigenvalue weighted by Gasteiger charge is 2.40. The minimum Gasteiger partial charge on any atom is -0.388 e. The third kappa shape index (κ3) is 17.5. The number of nitrogens with zero attached hydrogens (tertiary/aromatic N) is 2. The molecule has 3 rings (SSSR count). The van der Waals surface area contributed by atoms with E-state index in [4.69, 9.17) is 4.99 Å². The Morgan fingerprint density at radius 2 is 1.12 bits per heavy atom. The highest BCUT2D eigenvalue weighted by atomic mass is 16.4. The van der Waals surface area contributed by atoms with E-state index < -0.39 is 0 Å². The monoisotopic (exact) mass is 777 g/mol. The number of anilines is 1. The lowest BCUT2D eigenvalue weighted by Gasteiger charge is -2.32. The summed E-state index contributed by atoms with van der Waals surface area (Å²) in [6, 6.07) is 4.76. The lowest BCUT2D eigenvalue weighted by atomic mass is 9.73. The van der Waals surface area contributed by atoms with E-state index in [0.29, 0.717) is 0 Å². The summed E-state index contributed by atoms with van der Waals surface area (Å²) in [5.74, 6) is 0. The first-order valence-corrected chi connectivity index (χ1v) is 22.2. The van der Waals surface area contributed by atoms with Crippen LogP contribution in [0.5, 0.6) is 0 Å². The molecule has 0 bridgehead atoms. The molecule has 0 aliphatic carbocycles. The van der Waals surface area contributed by atoms with Crippen molar-refractivity contribution in [3.63, 3.8) is 0 Å². The summed E-state index contributed by atoms with van der Waals surface area (Å²) in [6.45, 7) is 49.1. The Kier molecular flexibility index (Phi) is 38.8. The van der Waals surface area contributed by atoms with Crippen molar-refractivity contribution in [2.24, 2.45) is 4.99 Å². The van der Waals surface area contributed by atoms with Gasteiger partial charge in [0.05, 0.1) is 0 Å². The van der Waals surface area contributed by atoms with Crippen molar-refractivity contribution in [3.05, 3.63) is 110 Å². The Balaban J connectivity index is -0.000000513. The second-order valence-corrected chi connectivity index (χ2v) is 13.4. The molecule has 324 valence electrons. The van der Waals surface area contributed by atoms with Crippen LogP contribution in [0.25, 0.3) is 0 Å². The SMILES string of the molecule is CC.CC.CC.CC.CC.CC.CCCCc1cc(C)c(C)c(C)c1C(C)(C)C(/C=C/C=C/C=C/C=C1/N(C)c2cc(C)c(C)c(C)c2C1(C)C)=NC.COC. The zero-order valence-electron chi connectivity index (χ0n) is 42.6. The molecule has 0 saturated carbocycles. The third-order valence-corrected chi connectivity index (χ3v) is 9.63. The molecule has 3 nitrogen and oxygen atoms in total. The van der Waals surface area contributed by atoms with E-state index in [2.05, 4.69) is 148 Å². The van der Waals surface area contributed by atoms with Gasteiger partial charge in [-0.05, 0) is 123 Å². The molecule has 2 aromatic rings. The van der Waals surface area contributed by atoms with E-state index in [1.807, 2.05) is 90.1 Å². The molecule has 0 atom stereocenters. The molecular formula is C53H96N2O. The number of ether oxygens (including phenoxy) is 1. The number of unbranched alkanes of at least 4 members (excludes halogenated alkanes) is 1. The quantitative estimate of drug-likeness (QED) is 0.187. The average Bonchev–Trinajstić information content (AvgIpc) is 3.40. The van der Waals surface area contributed by atoms with Gasteiger partial charge in [-0.1, -0.05) is 161 Å². The van der Waals surface area contributed by atoms with Crippen molar-refractivity contribution in [1.29, 1.82) is 0 Å². The second kappa shape index (κ2) is 35.0. The van der Waals surface area contributed by atoms with Gasteiger partial charge >= 0.3 is 0 Å². The van der Waals surface area contributed by atoms with E-state index >= 15 is 0 Å². The van der Waals surface area contributed by atoms with Crippen LogP contribution in [0.4, 0.5) is 5.69 Å². The summed E-state index contributed by atoms with van der Waals surface area (Å²) in [4.78, 5) is 7.12. The Morgan fingerprint density at radius 1 is 0.696 bits per heavy atom. The fraction of sp³-hybridized carbons (Fsp3) is 0.604. The molecule has 0 saturated heterocycles. The summed E-state index contributed by atoms with van der Waals surface area (Å²) >= 11 is 0. The first-order chi connectivity index (χ1) is 26.6. The van der Waals surface area contributed by atoms with E-state index in [9.17, 15) is 0 Å². The van der Waals surface area contributed by atoms with Crippen LogP contribution in [0.1, 0.15) is 181 Å². The maximum absolute atomic E-state index is 4.76. The largest absolute Gasteiger partial charge is 0.388 e. The third-order valence-electron chi connectivity index (χ3n) is 9.63.